The summed E-state index contributed by atoms with van der Waals surface area (Å²) in [6.45, 7) is 4.57. The third kappa shape index (κ3) is 4.84. The van der Waals surface area contributed by atoms with Gasteiger partial charge in [-0.3, -0.25) is 9.69 Å². The summed E-state index contributed by atoms with van der Waals surface area (Å²) in [5.41, 5.74) is 1.25. The van der Waals surface area contributed by atoms with Crippen molar-refractivity contribution in [1.29, 1.82) is 0 Å². The number of rotatable bonds is 6. The molecule has 0 saturated carbocycles. The molecule has 1 amide bonds. The Balaban J connectivity index is 1.23. The molecule has 0 bridgehead atoms. The Bertz CT molecular complexity index is 652. The van der Waals surface area contributed by atoms with E-state index in [9.17, 15) is 4.79 Å². The molecule has 2 aliphatic heterocycles. The van der Waals surface area contributed by atoms with E-state index in [1.54, 1.807) is 0 Å². The van der Waals surface area contributed by atoms with Gasteiger partial charge in [-0.05, 0) is 57.1 Å². The van der Waals surface area contributed by atoms with Crippen LogP contribution in [0.4, 0.5) is 0 Å². The molecule has 2 heterocycles. The lowest BCUT2D eigenvalue weighted by atomic mass is 9.92. The van der Waals surface area contributed by atoms with Gasteiger partial charge >= 0.3 is 0 Å². The van der Waals surface area contributed by atoms with Gasteiger partial charge in [-0.1, -0.05) is 42.5 Å². The molecule has 2 atom stereocenters. The lowest BCUT2D eigenvalue weighted by Gasteiger charge is -2.40. The minimum atomic E-state index is 0.229. The monoisotopic (exact) mass is 382 g/mol. The molecule has 4 nitrogen and oxygen atoms in total. The summed E-state index contributed by atoms with van der Waals surface area (Å²) >= 11 is 0. The number of likely N-dealkylation sites (tertiary alicyclic amines) is 2. The van der Waals surface area contributed by atoms with Crippen molar-refractivity contribution in [2.75, 3.05) is 26.2 Å². The first kappa shape index (κ1) is 19.7. The third-order valence-electron chi connectivity index (χ3n) is 6.71. The Morgan fingerprint density at radius 2 is 1.82 bits per heavy atom. The molecule has 1 aliphatic carbocycles. The predicted octanol–water partition coefficient (Wildman–Crippen LogP) is 4.01. The Hall–Kier alpha value is -1.65. The zero-order chi connectivity index (χ0) is 19.2. The first-order valence-electron chi connectivity index (χ1n) is 11.1. The zero-order valence-corrected chi connectivity index (χ0v) is 17.0. The van der Waals surface area contributed by atoms with Crippen LogP contribution in [0.15, 0.2) is 42.5 Å². The van der Waals surface area contributed by atoms with Gasteiger partial charge in [-0.15, -0.1) is 0 Å². The SMILES string of the molecule is O=C([C@@H]1CC=CCC1)N1CCC(N2CCC[C@H]2COCc2ccccc2)CC1. The lowest BCUT2D eigenvalue weighted by molar-refractivity contribution is -0.137. The Morgan fingerprint density at radius 1 is 1.00 bits per heavy atom. The first-order valence-corrected chi connectivity index (χ1v) is 11.1. The second kappa shape index (κ2) is 9.71. The summed E-state index contributed by atoms with van der Waals surface area (Å²) in [5, 5.41) is 0. The number of nitrogens with zero attached hydrogens (tertiary/aromatic N) is 2. The van der Waals surface area contributed by atoms with Gasteiger partial charge in [0.25, 0.3) is 0 Å². The van der Waals surface area contributed by atoms with E-state index in [1.165, 1.54) is 24.9 Å². The highest BCUT2D eigenvalue weighted by atomic mass is 16.5. The number of allylic oxidation sites excluding steroid dienone is 2. The number of benzene rings is 1. The van der Waals surface area contributed by atoms with E-state index in [1.807, 2.05) is 6.07 Å². The van der Waals surface area contributed by atoms with Crippen LogP contribution in [-0.2, 0) is 16.1 Å². The Morgan fingerprint density at radius 3 is 2.57 bits per heavy atom. The second-order valence-electron chi connectivity index (χ2n) is 8.57. The van der Waals surface area contributed by atoms with Crippen molar-refractivity contribution in [3.63, 3.8) is 0 Å². The van der Waals surface area contributed by atoms with Crippen LogP contribution in [0.1, 0.15) is 50.5 Å². The summed E-state index contributed by atoms with van der Waals surface area (Å²) in [7, 11) is 0. The molecule has 4 rings (SSSR count). The quantitative estimate of drug-likeness (QED) is 0.697. The maximum atomic E-state index is 12.8. The van der Waals surface area contributed by atoms with Crippen LogP contribution in [0, 0.1) is 5.92 Å². The molecule has 1 aromatic carbocycles. The molecule has 2 fully saturated rings. The van der Waals surface area contributed by atoms with Crippen LogP contribution >= 0.6 is 0 Å². The summed E-state index contributed by atoms with van der Waals surface area (Å²) in [6, 6.07) is 11.6. The maximum absolute atomic E-state index is 12.8. The van der Waals surface area contributed by atoms with E-state index in [0.717, 1.165) is 51.8 Å². The van der Waals surface area contributed by atoms with Gasteiger partial charge in [0.2, 0.25) is 5.91 Å². The number of piperidine rings is 1. The summed E-state index contributed by atoms with van der Waals surface area (Å²) in [5.74, 6) is 0.624. The molecule has 2 saturated heterocycles. The molecule has 0 aromatic heterocycles. The first-order chi connectivity index (χ1) is 13.8. The van der Waals surface area contributed by atoms with Crippen molar-refractivity contribution in [1.82, 2.24) is 9.80 Å². The van der Waals surface area contributed by atoms with E-state index >= 15 is 0 Å². The maximum Gasteiger partial charge on any atom is 0.226 e. The average molecular weight is 383 g/mol. The fourth-order valence-electron chi connectivity index (χ4n) is 5.10. The number of hydrogen-bond donors (Lipinski definition) is 0. The van der Waals surface area contributed by atoms with E-state index < -0.39 is 0 Å². The summed E-state index contributed by atoms with van der Waals surface area (Å²) in [6.07, 6.45) is 12.2. The van der Waals surface area contributed by atoms with Crippen molar-refractivity contribution in [2.45, 2.75) is 63.6 Å². The highest BCUT2D eigenvalue weighted by Gasteiger charge is 2.35. The minimum absolute atomic E-state index is 0.229. The van der Waals surface area contributed by atoms with Crippen LogP contribution in [0.2, 0.25) is 0 Å². The van der Waals surface area contributed by atoms with Gasteiger partial charge in [-0.25, -0.2) is 0 Å². The number of carbonyl (C=O) groups is 1. The molecule has 28 heavy (non-hydrogen) atoms. The number of ether oxygens (including phenoxy) is 1. The van der Waals surface area contributed by atoms with Crippen molar-refractivity contribution >= 4 is 5.91 Å². The van der Waals surface area contributed by atoms with Gasteiger partial charge in [0, 0.05) is 31.1 Å². The van der Waals surface area contributed by atoms with Gasteiger partial charge in [0.15, 0.2) is 0 Å². The van der Waals surface area contributed by atoms with Gasteiger partial charge < -0.3 is 9.64 Å². The van der Waals surface area contributed by atoms with Crippen molar-refractivity contribution in [3.05, 3.63) is 48.0 Å². The van der Waals surface area contributed by atoms with Crippen LogP contribution in [-0.4, -0.2) is 54.0 Å². The summed E-state index contributed by atoms with van der Waals surface area (Å²) in [4.78, 5) is 17.6. The summed E-state index contributed by atoms with van der Waals surface area (Å²) < 4.78 is 6.05. The molecule has 0 unspecified atom stereocenters. The largest absolute Gasteiger partial charge is 0.375 e. The van der Waals surface area contributed by atoms with Crippen molar-refractivity contribution in [3.8, 4) is 0 Å². The molecule has 4 heteroatoms. The Kier molecular flexibility index (Phi) is 6.81. The van der Waals surface area contributed by atoms with Gasteiger partial charge in [0.1, 0.15) is 0 Å². The second-order valence-corrected chi connectivity index (χ2v) is 8.57. The molecule has 0 spiro atoms. The standard InChI is InChI=1S/C24H34N2O2/c27-24(21-10-5-2-6-11-21)25-16-13-22(14-17-25)26-15-7-12-23(26)19-28-18-20-8-3-1-4-9-20/h1-5,8-9,21-23H,6-7,10-19H2/t21-,23+/m1/s1. The van der Waals surface area contributed by atoms with E-state index in [0.29, 0.717) is 24.6 Å². The van der Waals surface area contributed by atoms with Crippen LogP contribution in [0.25, 0.3) is 0 Å². The Labute approximate surface area is 169 Å². The number of hydrogen-bond acceptors (Lipinski definition) is 3. The third-order valence-corrected chi connectivity index (χ3v) is 6.71. The van der Waals surface area contributed by atoms with Gasteiger partial charge in [0.05, 0.1) is 13.2 Å². The van der Waals surface area contributed by atoms with Gasteiger partial charge in [-0.2, -0.15) is 0 Å². The normalized spacial score (nSPS) is 26.6. The van der Waals surface area contributed by atoms with Crippen LogP contribution in [0.3, 0.4) is 0 Å². The molecule has 152 valence electrons. The van der Waals surface area contributed by atoms with E-state index in [4.69, 9.17) is 4.74 Å². The number of carbonyl (C=O) groups excluding carboxylic acids is 1. The van der Waals surface area contributed by atoms with E-state index in [2.05, 4.69) is 46.2 Å². The fraction of sp³-hybridized carbons (Fsp3) is 0.625. The minimum Gasteiger partial charge on any atom is -0.375 e. The number of amides is 1. The van der Waals surface area contributed by atoms with Crippen LogP contribution in [0.5, 0.6) is 0 Å². The fourth-order valence-corrected chi connectivity index (χ4v) is 5.10. The highest BCUT2D eigenvalue weighted by molar-refractivity contribution is 5.79. The lowest BCUT2D eigenvalue weighted by Crippen LogP contribution is -2.50. The molecule has 0 radical (unpaired) electrons. The molecular weight excluding hydrogens is 348 g/mol. The topological polar surface area (TPSA) is 32.8 Å². The van der Waals surface area contributed by atoms with Crippen LogP contribution < -0.4 is 0 Å². The van der Waals surface area contributed by atoms with Crippen molar-refractivity contribution in [2.24, 2.45) is 5.92 Å². The predicted molar refractivity (Wildman–Crippen MR) is 112 cm³/mol. The molecule has 3 aliphatic rings. The molecule has 1 aromatic rings. The highest BCUT2D eigenvalue weighted by Crippen LogP contribution is 2.28. The molecular formula is C24H34N2O2. The molecule has 0 N–H and O–H groups in total. The zero-order valence-electron chi connectivity index (χ0n) is 17.0. The van der Waals surface area contributed by atoms with Crippen molar-refractivity contribution < 1.29 is 9.53 Å². The van der Waals surface area contributed by atoms with E-state index in [-0.39, 0.29) is 5.92 Å². The average Bonchev–Trinajstić information content (AvgIpc) is 3.23. The smallest absolute Gasteiger partial charge is 0.226 e.